The second kappa shape index (κ2) is 8.26. The molecule has 0 radical (unpaired) electrons. The standard InChI is InChI=1S/C16H14ClIN2O2/c1-2-7-22-20-16(21)14-5-6-19-10-12(14)8-11-3-4-13(18)9-15(11)17/h2-6,9-10H,1,7-8H2,(H,20,21). The summed E-state index contributed by atoms with van der Waals surface area (Å²) in [6.07, 6.45) is 5.31. The highest BCUT2D eigenvalue weighted by atomic mass is 127. The molecular weight excluding hydrogens is 415 g/mol. The number of hydroxylamine groups is 1. The third kappa shape index (κ3) is 4.53. The second-order valence-corrected chi connectivity index (χ2v) is 6.13. The van der Waals surface area contributed by atoms with E-state index in [1.165, 1.54) is 0 Å². The van der Waals surface area contributed by atoms with Gasteiger partial charge in [0.15, 0.2) is 0 Å². The first-order chi connectivity index (χ1) is 10.6. The molecule has 6 heteroatoms. The van der Waals surface area contributed by atoms with Gasteiger partial charge in [-0.05, 0) is 51.9 Å². The predicted octanol–water partition coefficient (Wildman–Crippen LogP) is 3.78. The molecule has 0 atom stereocenters. The first kappa shape index (κ1) is 16.9. The summed E-state index contributed by atoms with van der Waals surface area (Å²) in [5.41, 5.74) is 4.61. The first-order valence-electron chi connectivity index (χ1n) is 6.51. The van der Waals surface area contributed by atoms with E-state index < -0.39 is 0 Å². The Morgan fingerprint density at radius 2 is 2.23 bits per heavy atom. The van der Waals surface area contributed by atoms with Crippen LogP contribution in [0.25, 0.3) is 0 Å². The summed E-state index contributed by atoms with van der Waals surface area (Å²) in [4.78, 5) is 21.2. The maximum atomic E-state index is 12.1. The number of aromatic nitrogens is 1. The van der Waals surface area contributed by atoms with Gasteiger partial charge in [0.05, 0.1) is 6.61 Å². The first-order valence-corrected chi connectivity index (χ1v) is 7.97. The summed E-state index contributed by atoms with van der Waals surface area (Å²) in [5, 5.41) is 0.671. The van der Waals surface area contributed by atoms with Crippen LogP contribution in [0.4, 0.5) is 0 Å². The molecule has 0 saturated carbocycles. The molecule has 2 rings (SSSR count). The van der Waals surface area contributed by atoms with E-state index >= 15 is 0 Å². The molecule has 0 spiro atoms. The minimum Gasteiger partial charge on any atom is -0.269 e. The van der Waals surface area contributed by atoms with Gasteiger partial charge >= 0.3 is 0 Å². The van der Waals surface area contributed by atoms with Crippen molar-refractivity contribution in [1.29, 1.82) is 0 Å². The van der Waals surface area contributed by atoms with Crippen LogP contribution in [0.3, 0.4) is 0 Å². The van der Waals surface area contributed by atoms with Crippen LogP contribution in [0, 0.1) is 3.57 Å². The summed E-state index contributed by atoms with van der Waals surface area (Å²) in [6.45, 7) is 3.76. The largest absolute Gasteiger partial charge is 0.275 e. The molecule has 0 aliphatic heterocycles. The van der Waals surface area contributed by atoms with E-state index in [1.54, 1.807) is 24.5 Å². The summed E-state index contributed by atoms with van der Waals surface area (Å²) >= 11 is 8.46. The number of halogens is 2. The Balaban J connectivity index is 2.20. The van der Waals surface area contributed by atoms with E-state index in [-0.39, 0.29) is 12.5 Å². The Kier molecular flexibility index (Phi) is 6.35. The van der Waals surface area contributed by atoms with Crippen molar-refractivity contribution in [3.8, 4) is 0 Å². The van der Waals surface area contributed by atoms with Gasteiger partial charge in [-0.2, -0.15) is 0 Å². The zero-order valence-corrected chi connectivity index (χ0v) is 14.6. The molecule has 1 amide bonds. The number of benzene rings is 1. The summed E-state index contributed by atoms with van der Waals surface area (Å²) < 4.78 is 1.06. The van der Waals surface area contributed by atoms with Gasteiger partial charge in [0.1, 0.15) is 0 Å². The molecular formula is C16H14ClIN2O2. The minimum absolute atomic E-state index is 0.245. The lowest BCUT2D eigenvalue weighted by atomic mass is 10.0. The van der Waals surface area contributed by atoms with Crippen molar-refractivity contribution < 1.29 is 9.63 Å². The number of carbonyl (C=O) groups excluding carboxylic acids is 1. The highest BCUT2D eigenvalue weighted by Crippen LogP contribution is 2.23. The van der Waals surface area contributed by atoms with Crippen LogP contribution in [0.1, 0.15) is 21.5 Å². The van der Waals surface area contributed by atoms with Gasteiger partial charge in [-0.15, -0.1) is 6.58 Å². The van der Waals surface area contributed by atoms with Gasteiger partial charge in [-0.3, -0.25) is 14.6 Å². The van der Waals surface area contributed by atoms with Crippen molar-refractivity contribution in [1.82, 2.24) is 10.5 Å². The van der Waals surface area contributed by atoms with Crippen molar-refractivity contribution in [3.05, 3.63) is 74.6 Å². The molecule has 0 unspecified atom stereocenters. The van der Waals surface area contributed by atoms with E-state index in [4.69, 9.17) is 16.4 Å². The van der Waals surface area contributed by atoms with Crippen LogP contribution in [-0.2, 0) is 11.3 Å². The third-order valence-corrected chi connectivity index (χ3v) is 3.93. The third-order valence-electron chi connectivity index (χ3n) is 2.91. The van der Waals surface area contributed by atoms with Gasteiger partial charge in [0.2, 0.25) is 0 Å². The fourth-order valence-corrected chi connectivity index (χ4v) is 2.80. The van der Waals surface area contributed by atoms with Gasteiger partial charge in [0.25, 0.3) is 5.91 Å². The number of pyridine rings is 1. The Hall–Kier alpha value is -1.44. The highest BCUT2D eigenvalue weighted by molar-refractivity contribution is 14.1. The number of nitrogens with zero attached hydrogens (tertiary/aromatic N) is 1. The van der Waals surface area contributed by atoms with Gasteiger partial charge in [0, 0.05) is 33.0 Å². The Morgan fingerprint density at radius 3 is 2.95 bits per heavy atom. The molecule has 1 heterocycles. The summed E-state index contributed by atoms with van der Waals surface area (Å²) in [7, 11) is 0. The van der Waals surface area contributed by atoms with Crippen molar-refractivity contribution in [2.24, 2.45) is 0 Å². The van der Waals surface area contributed by atoms with Crippen LogP contribution in [0.5, 0.6) is 0 Å². The van der Waals surface area contributed by atoms with E-state index in [0.717, 1.165) is 14.7 Å². The zero-order chi connectivity index (χ0) is 15.9. The van der Waals surface area contributed by atoms with Crippen molar-refractivity contribution in [3.63, 3.8) is 0 Å². The number of carbonyl (C=O) groups is 1. The Bertz CT molecular complexity index is 692. The van der Waals surface area contributed by atoms with E-state index in [0.29, 0.717) is 17.0 Å². The van der Waals surface area contributed by atoms with Gasteiger partial charge in [-0.1, -0.05) is 23.7 Å². The normalized spacial score (nSPS) is 10.3. The molecule has 0 aliphatic carbocycles. The van der Waals surface area contributed by atoms with Gasteiger partial charge in [-0.25, -0.2) is 5.48 Å². The zero-order valence-electron chi connectivity index (χ0n) is 11.7. The lowest BCUT2D eigenvalue weighted by Gasteiger charge is -2.10. The molecule has 1 aromatic carbocycles. The Labute approximate surface area is 147 Å². The van der Waals surface area contributed by atoms with Crippen molar-refractivity contribution in [2.45, 2.75) is 6.42 Å². The molecule has 1 N–H and O–H groups in total. The molecule has 0 fully saturated rings. The lowest BCUT2D eigenvalue weighted by molar-refractivity contribution is 0.0420. The number of hydrogen-bond acceptors (Lipinski definition) is 3. The van der Waals surface area contributed by atoms with Crippen LogP contribution in [-0.4, -0.2) is 17.5 Å². The van der Waals surface area contributed by atoms with Crippen LogP contribution >= 0.6 is 34.2 Å². The van der Waals surface area contributed by atoms with Crippen LogP contribution in [0.15, 0.2) is 49.3 Å². The molecule has 4 nitrogen and oxygen atoms in total. The maximum Gasteiger partial charge on any atom is 0.275 e. The van der Waals surface area contributed by atoms with E-state index in [1.807, 2.05) is 18.2 Å². The molecule has 0 aliphatic rings. The quantitative estimate of drug-likeness (QED) is 0.330. The molecule has 22 heavy (non-hydrogen) atoms. The van der Waals surface area contributed by atoms with Crippen molar-refractivity contribution >= 4 is 40.1 Å². The monoisotopic (exact) mass is 428 g/mol. The van der Waals surface area contributed by atoms with Crippen LogP contribution in [0.2, 0.25) is 5.02 Å². The number of hydrogen-bond donors (Lipinski definition) is 1. The predicted molar refractivity (Wildman–Crippen MR) is 94.8 cm³/mol. The topological polar surface area (TPSA) is 51.2 Å². The highest BCUT2D eigenvalue weighted by Gasteiger charge is 2.13. The molecule has 114 valence electrons. The average molecular weight is 429 g/mol. The number of rotatable bonds is 6. The smallest absolute Gasteiger partial charge is 0.269 e. The molecule has 2 aromatic rings. The van der Waals surface area contributed by atoms with E-state index in [2.05, 4.69) is 39.6 Å². The van der Waals surface area contributed by atoms with Crippen molar-refractivity contribution in [2.75, 3.05) is 6.61 Å². The number of amides is 1. The van der Waals surface area contributed by atoms with Crippen LogP contribution < -0.4 is 5.48 Å². The molecule has 1 aromatic heterocycles. The summed E-state index contributed by atoms with van der Waals surface area (Å²) in [6, 6.07) is 7.47. The fraction of sp³-hybridized carbons (Fsp3) is 0.125. The summed E-state index contributed by atoms with van der Waals surface area (Å²) in [5.74, 6) is -0.319. The Morgan fingerprint density at radius 1 is 1.41 bits per heavy atom. The SMILES string of the molecule is C=CCONC(=O)c1ccncc1Cc1ccc(I)cc1Cl. The number of nitrogens with one attached hydrogen (secondary N) is 1. The minimum atomic E-state index is -0.319. The maximum absolute atomic E-state index is 12.1. The van der Waals surface area contributed by atoms with E-state index in [9.17, 15) is 4.79 Å². The lowest BCUT2D eigenvalue weighted by Crippen LogP contribution is -2.25. The fourth-order valence-electron chi connectivity index (χ4n) is 1.88. The second-order valence-electron chi connectivity index (χ2n) is 4.48. The molecule has 0 bridgehead atoms. The molecule has 0 saturated heterocycles. The van der Waals surface area contributed by atoms with Gasteiger partial charge < -0.3 is 0 Å². The average Bonchev–Trinajstić information content (AvgIpc) is 2.51.